The van der Waals surface area contributed by atoms with Gasteiger partial charge >= 0.3 is 11.8 Å². The molecule has 2 aromatic carbocycles. The second kappa shape index (κ2) is 8.04. The Morgan fingerprint density at radius 2 is 1.72 bits per heavy atom. The Bertz CT molecular complexity index is 945. The largest absolute Gasteiger partial charge is 0.454 e. The van der Waals surface area contributed by atoms with Gasteiger partial charge in [0.25, 0.3) is 0 Å². The van der Waals surface area contributed by atoms with Crippen LogP contribution in [0.4, 0.5) is 14.5 Å². The molecule has 0 bridgehead atoms. The maximum Gasteiger partial charge on any atom is 0.313 e. The van der Waals surface area contributed by atoms with E-state index >= 15 is 0 Å². The van der Waals surface area contributed by atoms with Gasteiger partial charge in [0, 0.05) is 38.8 Å². The van der Waals surface area contributed by atoms with Crippen LogP contribution in [0.2, 0.25) is 0 Å². The molecule has 2 heterocycles. The normalized spacial score (nSPS) is 16.0. The van der Waals surface area contributed by atoms with Crippen LogP contribution in [0.3, 0.4) is 0 Å². The zero-order chi connectivity index (χ0) is 20.4. The molecule has 2 aliphatic heterocycles. The second-order valence-electron chi connectivity index (χ2n) is 6.83. The van der Waals surface area contributed by atoms with Crippen LogP contribution in [-0.4, -0.2) is 54.6 Å². The van der Waals surface area contributed by atoms with E-state index in [9.17, 15) is 18.4 Å². The molecule has 1 fully saturated rings. The summed E-state index contributed by atoms with van der Waals surface area (Å²) >= 11 is 0. The summed E-state index contributed by atoms with van der Waals surface area (Å²) < 4.78 is 37.3. The van der Waals surface area contributed by atoms with Crippen LogP contribution in [0.15, 0.2) is 36.4 Å². The van der Waals surface area contributed by atoms with Crippen LogP contribution in [-0.2, 0) is 16.1 Å². The molecule has 152 valence electrons. The van der Waals surface area contributed by atoms with Crippen LogP contribution >= 0.6 is 0 Å². The summed E-state index contributed by atoms with van der Waals surface area (Å²) in [5, 5.41) is 2.20. The summed E-state index contributed by atoms with van der Waals surface area (Å²) in [5.74, 6) is -1.92. The maximum absolute atomic E-state index is 13.7. The molecular formula is C20H19F2N3O4. The third kappa shape index (κ3) is 4.29. The molecule has 2 amide bonds. The van der Waals surface area contributed by atoms with E-state index in [1.54, 1.807) is 0 Å². The molecule has 0 aliphatic carbocycles. The Labute approximate surface area is 165 Å². The summed E-state index contributed by atoms with van der Waals surface area (Å²) in [6.45, 7) is 2.86. The maximum atomic E-state index is 13.7. The SMILES string of the molecule is O=C(Nc1ccc(F)cc1F)C(=O)N1CCN(Cc2ccc3c(c2)OCO3)CC1. The van der Waals surface area contributed by atoms with E-state index in [1.807, 2.05) is 18.2 Å². The number of fused-ring (bicyclic) bond motifs is 1. The van der Waals surface area contributed by atoms with E-state index in [0.29, 0.717) is 38.8 Å². The highest BCUT2D eigenvalue weighted by Gasteiger charge is 2.27. The first-order valence-corrected chi connectivity index (χ1v) is 9.16. The van der Waals surface area contributed by atoms with Crippen molar-refractivity contribution in [3.8, 4) is 11.5 Å². The Hall–Kier alpha value is -3.20. The van der Waals surface area contributed by atoms with E-state index in [-0.39, 0.29) is 12.5 Å². The summed E-state index contributed by atoms with van der Waals surface area (Å²) in [6.07, 6.45) is 0. The number of rotatable bonds is 3. The van der Waals surface area contributed by atoms with E-state index < -0.39 is 23.4 Å². The minimum Gasteiger partial charge on any atom is -0.454 e. The van der Waals surface area contributed by atoms with Gasteiger partial charge in [0.15, 0.2) is 11.5 Å². The molecule has 0 aromatic heterocycles. The van der Waals surface area contributed by atoms with Crippen molar-refractivity contribution in [1.82, 2.24) is 9.80 Å². The average molecular weight is 403 g/mol. The lowest BCUT2D eigenvalue weighted by Crippen LogP contribution is -2.51. The number of amides is 2. The molecule has 1 N–H and O–H groups in total. The van der Waals surface area contributed by atoms with Crippen molar-refractivity contribution in [2.24, 2.45) is 0 Å². The van der Waals surface area contributed by atoms with E-state index in [1.165, 1.54) is 4.90 Å². The average Bonchev–Trinajstić information content (AvgIpc) is 3.18. The zero-order valence-electron chi connectivity index (χ0n) is 15.5. The number of hydrogen-bond donors (Lipinski definition) is 1. The zero-order valence-corrected chi connectivity index (χ0v) is 15.5. The molecule has 0 spiro atoms. The highest BCUT2D eigenvalue weighted by Crippen LogP contribution is 2.32. The Morgan fingerprint density at radius 1 is 0.966 bits per heavy atom. The number of nitrogens with zero attached hydrogens (tertiary/aromatic N) is 2. The molecule has 1 saturated heterocycles. The van der Waals surface area contributed by atoms with Gasteiger partial charge in [-0.3, -0.25) is 14.5 Å². The number of hydrogen-bond acceptors (Lipinski definition) is 5. The van der Waals surface area contributed by atoms with Crippen LogP contribution in [0.1, 0.15) is 5.56 Å². The minimum absolute atomic E-state index is 0.226. The number of carbonyl (C=O) groups excluding carboxylic acids is 2. The van der Waals surface area contributed by atoms with E-state index in [4.69, 9.17) is 9.47 Å². The predicted octanol–water partition coefficient (Wildman–Crippen LogP) is 1.98. The fourth-order valence-electron chi connectivity index (χ4n) is 3.32. The van der Waals surface area contributed by atoms with Gasteiger partial charge in [-0.1, -0.05) is 6.07 Å². The van der Waals surface area contributed by atoms with Crippen molar-refractivity contribution in [3.05, 3.63) is 53.6 Å². The standard InChI is InChI=1S/C20H19F2N3O4/c21-14-2-3-16(15(22)10-14)23-19(26)20(27)25-7-5-24(6-8-25)11-13-1-4-17-18(9-13)29-12-28-17/h1-4,9-10H,5-8,11-12H2,(H,23,26). The summed E-state index contributed by atoms with van der Waals surface area (Å²) in [7, 11) is 0. The number of benzene rings is 2. The molecule has 7 nitrogen and oxygen atoms in total. The number of carbonyl (C=O) groups is 2. The lowest BCUT2D eigenvalue weighted by atomic mass is 10.1. The van der Waals surface area contributed by atoms with Crippen LogP contribution in [0.5, 0.6) is 11.5 Å². The molecule has 0 saturated carbocycles. The second-order valence-corrected chi connectivity index (χ2v) is 6.83. The van der Waals surface area contributed by atoms with Crippen LogP contribution < -0.4 is 14.8 Å². The number of ether oxygens (including phenoxy) is 2. The molecule has 2 aliphatic rings. The third-order valence-electron chi connectivity index (χ3n) is 4.88. The fourth-order valence-corrected chi connectivity index (χ4v) is 3.32. The number of piperazine rings is 1. The fraction of sp³-hybridized carbons (Fsp3) is 0.300. The highest BCUT2D eigenvalue weighted by molar-refractivity contribution is 6.39. The van der Waals surface area contributed by atoms with Crippen molar-refractivity contribution >= 4 is 17.5 Å². The molecular weight excluding hydrogens is 384 g/mol. The molecule has 0 radical (unpaired) electrons. The molecule has 9 heteroatoms. The van der Waals surface area contributed by atoms with E-state index in [0.717, 1.165) is 29.2 Å². The van der Waals surface area contributed by atoms with Gasteiger partial charge in [-0.25, -0.2) is 8.78 Å². The van der Waals surface area contributed by atoms with Crippen molar-refractivity contribution in [3.63, 3.8) is 0 Å². The highest BCUT2D eigenvalue weighted by atomic mass is 19.1. The third-order valence-corrected chi connectivity index (χ3v) is 4.88. The number of halogens is 2. The van der Waals surface area contributed by atoms with Gasteiger partial charge in [-0.05, 0) is 29.8 Å². The smallest absolute Gasteiger partial charge is 0.313 e. The Morgan fingerprint density at radius 3 is 2.48 bits per heavy atom. The first-order chi connectivity index (χ1) is 14.0. The lowest BCUT2D eigenvalue weighted by molar-refractivity contribution is -0.144. The number of anilines is 1. The van der Waals surface area contributed by atoms with Gasteiger partial charge in [0.1, 0.15) is 11.6 Å². The molecule has 29 heavy (non-hydrogen) atoms. The Kier molecular flexibility index (Phi) is 5.30. The monoisotopic (exact) mass is 403 g/mol. The van der Waals surface area contributed by atoms with Gasteiger partial charge in [0.2, 0.25) is 6.79 Å². The first-order valence-electron chi connectivity index (χ1n) is 9.16. The summed E-state index contributed by atoms with van der Waals surface area (Å²) in [5.41, 5.74) is 0.838. The Balaban J connectivity index is 1.29. The van der Waals surface area contributed by atoms with Gasteiger partial charge in [-0.2, -0.15) is 0 Å². The van der Waals surface area contributed by atoms with Gasteiger partial charge in [0.05, 0.1) is 5.69 Å². The molecule has 2 aromatic rings. The van der Waals surface area contributed by atoms with Crippen molar-refractivity contribution in [2.45, 2.75) is 6.54 Å². The summed E-state index contributed by atoms with van der Waals surface area (Å²) in [4.78, 5) is 28.1. The van der Waals surface area contributed by atoms with Crippen molar-refractivity contribution < 1.29 is 27.8 Å². The van der Waals surface area contributed by atoms with Gasteiger partial charge in [-0.15, -0.1) is 0 Å². The van der Waals surface area contributed by atoms with Crippen molar-refractivity contribution in [2.75, 3.05) is 38.3 Å². The minimum atomic E-state index is -0.945. The number of nitrogens with one attached hydrogen (secondary N) is 1. The van der Waals surface area contributed by atoms with Gasteiger partial charge < -0.3 is 19.7 Å². The van der Waals surface area contributed by atoms with Crippen molar-refractivity contribution in [1.29, 1.82) is 0 Å². The molecule has 4 rings (SSSR count). The van der Waals surface area contributed by atoms with Crippen LogP contribution in [0.25, 0.3) is 0 Å². The first kappa shape index (κ1) is 19.1. The summed E-state index contributed by atoms with van der Waals surface area (Å²) in [6, 6.07) is 8.52. The predicted molar refractivity (Wildman–Crippen MR) is 99.4 cm³/mol. The quantitative estimate of drug-likeness (QED) is 0.794. The van der Waals surface area contributed by atoms with E-state index in [2.05, 4.69) is 10.2 Å². The lowest BCUT2D eigenvalue weighted by Gasteiger charge is -2.34. The molecule has 0 atom stereocenters. The molecule has 0 unspecified atom stereocenters. The van der Waals surface area contributed by atoms with Crippen LogP contribution in [0, 0.1) is 11.6 Å². The topological polar surface area (TPSA) is 71.1 Å².